The molecule has 27 heteroatoms. The first-order chi connectivity index (χ1) is 28.4. The number of phenolic OH excluding ortho intramolecular Hbond substituents is 2. The van der Waals surface area contributed by atoms with Crippen LogP contribution in [0.1, 0.15) is 0 Å². The fraction of sp³-hybridized carbons (Fsp3) is 0. The lowest BCUT2D eigenvalue weighted by Gasteiger charge is -2.14. The Labute approximate surface area is 344 Å². The molecule has 6 aromatic carbocycles. The number of nitrogens with two attached hydrogens (primary N) is 2. The number of aromatic hydroxyl groups is 2. The molecule has 0 bridgehead atoms. The Morgan fingerprint density at radius 1 is 0.492 bits per heavy atom. The third-order valence-corrected chi connectivity index (χ3v) is 11.7. The van der Waals surface area contributed by atoms with Crippen LogP contribution in [-0.2, 0) is 40.5 Å². The molecule has 6 rings (SSSR count). The molecule has 0 amide bonds. The van der Waals surface area contributed by atoms with Gasteiger partial charge in [0.25, 0.3) is 40.5 Å². The van der Waals surface area contributed by atoms with Crippen LogP contribution in [0.15, 0.2) is 147 Å². The molecule has 0 saturated carbocycles. The minimum Gasteiger partial charge on any atom is -0.506 e. The van der Waals surface area contributed by atoms with Gasteiger partial charge < -0.3 is 27.0 Å². The average Bonchev–Trinajstić information content (AvgIpc) is 3.16. The predicted octanol–water partition coefficient (Wildman–Crippen LogP) is 7.39. The lowest BCUT2D eigenvalue weighted by Crippen LogP contribution is -2.04. The number of nitrogen functional groups attached to an aromatic ring is 2. The monoisotopic (exact) mass is 913 g/mol. The number of hydrogen-bond acceptors (Lipinski definition) is 19. The lowest BCUT2D eigenvalue weighted by atomic mass is 10.1. The molecule has 0 aliphatic rings. The minimum atomic E-state index is -5.28. The Bertz CT molecular complexity index is 3310. The first-order valence-electron chi connectivity index (χ1n) is 16.4. The smallest absolute Gasteiger partial charge is 0.296 e. The molecule has 11 N–H and O–H groups in total. The summed E-state index contributed by atoms with van der Waals surface area (Å²) in [7, 11) is -20.1. The number of azo groups is 3. The topological polar surface area (TPSA) is 396 Å². The summed E-state index contributed by atoms with van der Waals surface area (Å²) in [5.41, 5.74) is 9.76. The van der Waals surface area contributed by atoms with Crippen LogP contribution in [-0.4, -0.2) is 62.1 Å². The minimum absolute atomic E-state index is 0.142. The molecule has 61 heavy (non-hydrogen) atoms. The van der Waals surface area contributed by atoms with E-state index >= 15 is 0 Å². The lowest BCUT2D eigenvalue weighted by molar-refractivity contribution is 0.472. The van der Waals surface area contributed by atoms with Gasteiger partial charge in [-0.3, -0.25) is 18.2 Å². The van der Waals surface area contributed by atoms with E-state index in [9.17, 15) is 62.1 Å². The molecule has 0 saturated heterocycles. The van der Waals surface area contributed by atoms with Gasteiger partial charge >= 0.3 is 0 Å². The Morgan fingerprint density at radius 3 is 1.56 bits per heavy atom. The molecule has 0 atom stereocenters. The number of phenols is 2. The van der Waals surface area contributed by atoms with Crippen molar-refractivity contribution in [2.75, 3.05) is 16.8 Å². The average molecular weight is 914 g/mol. The van der Waals surface area contributed by atoms with Gasteiger partial charge in [0.05, 0.1) is 38.7 Å². The Balaban J connectivity index is 1.37. The molecule has 6 aromatic rings. The largest absolute Gasteiger partial charge is 0.506 e. The van der Waals surface area contributed by atoms with E-state index in [4.69, 9.17) is 11.5 Å². The van der Waals surface area contributed by atoms with Crippen molar-refractivity contribution in [1.29, 1.82) is 0 Å². The number of hydrogen-bond donors (Lipinski definition) is 9. The van der Waals surface area contributed by atoms with Crippen LogP contribution >= 0.6 is 0 Å². The molecule has 0 aliphatic heterocycles. The Morgan fingerprint density at radius 2 is 1.00 bits per heavy atom. The standard InChI is InChI=1S/C34H27N9O14S4/c35-18-1-11-24(26(44)15-18)41-38-20-4-2-19(3-5-20)37-25-12-8-22(16-27(25)59(49,50)51)40-42-32-28(60(52,53)54)13-17-14-29(61(55,56)57)33(34(45)30(17)31(32)36)43-39-21-6-9-23(10-7-21)58(46,47)48/h1-16,37,44-45H,35-36H2,(H,46,47,48)(H,49,50,51)(H,52,53,54)(H,55,56,57)/b41-38+,42-40+,43-39+. The number of fused-ring (bicyclic) bond motifs is 1. The third kappa shape index (κ3) is 9.91. The van der Waals surface area contributed by atoms with Crippen LogP contribution in [0.5, 0.6) is 11.5 Å². The SMILES string of the molecule is Nc1ccc(/N=N/c2ccc(Nc3ccc(/N=N/c4c(S(=O)(=O)O)cc5cc(S(=O)(=O)O)c(/N=N/c6ccc(S(=O)(=O)O)cc6)c(O)c5c4N)cc3S(=O)(=O)O)cc2)c(O)c1. The van der Waals surface area contributed by atoms with Crippen molar-refractivity contribution < 1.29 is 62.1 Å². The van der Waals surface area contributed by atoms with E-state index in [1.165, 1.54) is 54.6 Å². The molecule has 0 fully saturated rings. The fourth-order valence-electron chi connectivity index (χ4n) is 5.40. The molecule has 0 aromatic heterocycles. The maximum atomic E-state index is 12.5. The number of anilines is 4. The Kier molecular flexibility index (Phi) is 11.6. The second kappa shape index (κ2) is 16.2. The van der Waals surface area contributed by atoms with Crippen molar-refractivity contribution in [3.05, 3.63) is 97.1 Å². The maximum absolute atomic E-state index is 12.5. The van der Waals surface area contributed by atoms with E-state index in [1.807, 2.05) is 0 Å². The van der Waals surface area contributed by atoms with Gasteiger partial charge in [-0.2, -0.15) is 49.0 Å². The van der Waals surface area contributed by atoms with Crippen LogP contribution in [0.4, 0.5) is 56.9 Å². The van der Waals surface area contributed by atoms with E-state index < -0.39 is 93.6 Å². The van der Waals surface area contributed by atoms with Crippen molar-refractivity contribution >= 4 is 108 Å². The summed E-state index contributed by atoms with van der Waals surface area (Å²) in [5, 5.41) is 45.9. The Hall–Kier alpha value is -6.98. The zero-order chi connectivity index (χ0) is 44.7. The predicted molar refractivity (Wildman–Crippen MR) is 217 cm³/mol. The van der Waals surface area contributed by atoms with Gasteiger partial charge in [0.15, 0.2) is 5.75 Å². The molecule has 0 spiro atoms. The fourth-order valence-corrected chi connectivity index (χ4v) is 7.87. The maximum Gasteiger partial charge on any atom is 0.296 e. The molecule has 23 nitrogen and oxygen atoms in total. The van der Waals surface area contributed by atoms with E-state index in [-0.39, 0.29) is 28.5 Å². The summed E-state index contributed by atoms with van der Waals surface area (Å²) in [5.74, 6) is -1.30. The second-order valence-corrected chi connectivity index (χ2v) is 18.0. The van der Waals surface area contributed by atoms with E-state index in [2.05, 4.69) is 36.0 Å². The highest BCUT2D eigenvalue weighted by Gasteiger charge is 2.28. The first kappa shape index (κ1) is 43.6. The van der Waals surface area contributed by atoms with Gasteiger partial charge in [-0.1, -0.05) is 0 Å². The van der Waals surface area contributed by atoms with Crippen molar-refractivity contribution in [2.45, 2.75) is 19.6 Å². The van der Waals surface area contributed by atoms with Crippen molar-refractivity contribution in [3.63, 3.8) is 0 Å². The van der Waals surface area contributed by atoms with Crippen LogP contribution in [0, 0.1) is 0 Å². The first-order valence-corrected chi connectivity index (χ1v) is 22.1. The van der Waals surface area contributed by atoms with Crippen LogP contribution in [0.25, 0.3) is 10.8 Å². The quantitative estimate of drug-likeness (QED) is 0.0328. The molecule has 0 radical (unpaired) electrons. The van der Waals surface area contributed by atoms with Gasteiger partial charge in [-0.05, 0) is 96.4 Å². The number of rotatable bonds is 12. The zero-order valence-corrected chi connectivity index (χ0v) is 33.4. The summed E-state index contributed by atoms with van der Waals surface area (Å²) in [6.45, 7) is 0. The van der Waals surface area contributed by atoms with Crippen molar-refractivity contribution in [3.8, 4) is 11.5 Å². The zero-order valence-electron chi connectivity index (χ0n) is 30.2. The van der Waals surface area contributed by atoms with Gasteiger partial charge in [0.1, 0.15) is 37.5 Å². The summed E-state index contributed by atoms with van der Waals surface area (Å²) < 4.78 is 137. The van der Waals surface area contributed by atoms with Crippen molar-refractivity contribution in [1.82, 2.24) is 0 Å². The third-order valence-electron chi connectivity index (χ3n) is 8.20. The summed E-state index contributed by atoms with van der Waals surface area (Å²) in [6, 6.07) is 18.6. The molecular formula is C34H27N9O14S4. The van der Waals surface area contributed by atoms with E-state index in [1.54, 1.807) is 0 Å². The van der Waals surface area contributed by atoms with Crippen LogP contribution < -0.4 is 16.8 Å². The highest BCUT2D eigenvalue weighted by Crippen LogP contribution is 2.48. The second-order valence-electron chi connectivity index (χ2n) is 12.4. The number of nitrogens with zero attached hydrogens (tertiary/aromatic N) is 6. The number of benzene rings is 6. The van der Waals surface area contributed by atoms with Crippen molar-refractivity contribution in [2.24, 2.45) is 30.7 Å². The van der Waals surface area contributed by atoms with E-state index in [0.29, 0.717) is 29.2 Å². The van der Waals surface area contributed by atoms with Gasteiger partial charge in [-0.15, -0.1) is 15.3 Å². The molecule has 316 valence electrons. The van der Waals surface area contributed by atoms with Gasteiger partial charge in [0, 0.05) is 17.4 Å². The highest BCUT2D eigenvalue weighted by molar-refractivity contribution is 7.86. The summed E-state index contributed by atoms with van der Waals surface area (Å²) >= 11 is 0. The highest BCUT2D eigenvalue weighted by atomic mass is 32.2. The van der Waals surface area contributed by atoms with Gasteiger partial charge in [0.2, 0.25) is 0 Å². The molecule has 0 unspecified atom stereocenters. The number of nitrogens with one attached hydrogen (secondary N) is 1. The van der Waals surface area contributed by atoms with Crippen LogP contribution in [0.3, 0.4) is 0 Å². The molecular weight excluding hydrogens is 887 g/mol. The normalized spacial score (nSPS) is 12.9. The summed E-state index contributed by atoms with van der Waals surface area (Å²) in [4.78, 5) is -3.46. The summed E-state index contributed by atoms with van der Waals surface area (Å²) in [6.07, 6.45) is 0. The molecule has 0 aliphatic carbocycles. The van der Waals surface area contributed by atoms with E-state index in [0.717, 1.165) is 30.3 Å². The van der Waals surface area contributed by atoms with Crippen LogP contribution in [0.2, 0.25) is 0 Å². The van der Waals surface area contributed by atoms with Gasteiger partial charge in [-0.25, -0.2) is 0 Å². The molecule has 0 heterocycles.